The Morgan fingerprint density at radius 3 is 2.32 bits per heavy atom. The molecule has 0 aromatic heterocycles. The van der Waals surface area contributed by atoms with Gasteiger partial charge in [0.1, 0.15) is 6.04 Å². The summed E-state index contributed by atoms with van der Waals surface area (Å²) in [7, 11) is -0.0870. The van der Waals surface area contributed by atoms with Gasteiger partial charge in [0.05, 0.1) is 29.2 Å². The lowest BCUT2D eigenvalue weighted by Crippen LogP contribution is -2.42. The first kappa shape index (κ1) is 21.3. The van der Waals surface area contributed by atoms with Crippen LogP contribution in [0.2, 0.25) is 0 Å². The fraction of sp³-hybridized carbons (Fsp3) is 0.250. The molecule has 28 heavy (non-hydrogen) atoms. The molecule has 0 bridgehead atoms. The molecule has 0 radical (unpaired) electrons. The first-order chi connectivity index (χ1) is 13.4. The van der Waals surface area contributed by atoms with Crippen LogP contribution >= 0.6 is 0 Å². The molecule has 0 spiro atoms. The molecule has 2 N–H and O–H groups in total. The van der Waals surface area contributed by atoms with Crippen LogP contribution in [0.4, 0.5) is 5.69 Å². The number of nitrogens with one attached hydrogen (secondary N) is 2. The molecule has 148 valence electrons. The second-order valence-corrected chi connectivity index (χ2v) is 7.50. The van der Waals surface area contributed by atoms with Crippen LogP contribution in [0.5, 0.6) is 0 Å². The van der Waals surface area contributed by atoms with Crippen LogP contribution in [-0.2, 0) is 25.1 Å². The summed E-state index contributed by atoms with van der Waals surface area (Å²) in [5.74, 6) is -1.30. The maximum Gasteiger partial charge on any atom is 0.328 e. The van der Waals surface area contributed by atoms with Crippen LogP contribution in [0.15, 0.2) is 59.5 Å². The Bertz CT molecular complexity index is 870. The van der Waals surface area contributed by atoms with Crippen molar-refractivity contribution in [3.05, 3.63) is 60.2 Å². The molecular weight excluding hydrogens is 380 g/mol. The lowest BCUT2D eigenvalue weighted by Gasteiger charge is -2.17. The van der Waals surface area contributed by atoms with Gasteiger partial charge in [-0.15, -0.1) is 0 Å². The molecule has 0 unspecified atom stereocenters. The summed E-state index contributed by atoms with van der Waals surface area (Å²) in [5.41, 5.74) is 0.555. The van der Waals surface area contributed by atoms with Gasteiger partial charge >= 0.3 is 5.97 Å². The van der Waals surface area contributed by atoms with Gasteiger partial charge in [0, 0.05) is 17.6 Å². The van der Waals surface area contributed by atoms with Crippen molar-refractivity contribution in [1.29, 1.82) is 0 Å². The number of methoxy groups -OCH3 is 1. The third-order valence-electron chi connectivity index (χ3n) is 3.87. The number of hydrogen-bond donors (Lipinski definition) is 2. The van der Waals surface area contributed by atoms with Crippen molar-refractivity contribution in [2.45, 2.75) is 24.3 Å². The Morgan fingerprint density at radius 1 is 1.04 bits per heavy atom. The molecule has 0 aliphatic heterocycles. The quantitative estimate of drug-likeness (QED) is 0.659. The fourth-order valence-corrected chi connectivity index (χ4v) is 3.67. The number of carbonyl (C=O) groups excluding carboxylic acids is 3. The standard InChI is InChI=1S/C20H22N2O5S/c1-14(23)21-17-11-7-6-10-16(17)19(24)22-18(20(25)27-2)12-13-28(26)15-8-4-3-5-9-15/h3-11,18H,12-13H2,1-2H3,(H,21,23)(H,22,24)/t18-,28+/m0/s1. The molecule has 0 saturated carbocycles. The van der Waals surface area contributed by atoms with Gasteiger partial charge in [-0.2, -0.15) is 0 Å². The lowest BCUT2D eigenvalue weighted by molar-refractivity contribution is -0.142. The Morgan fingerprint density at radius 2 is 1.68 bits per heavy atom. The van der Waals surface area contributed by atoms with Gasteiger partial charge < -0.3 is 15.4 Å². The smallest absolute Gasteiger partial charge is 0.328 e. The lowest BCUT2D eigenvalue weighted by atomic mass is 10.1. The third-order valence-corrected chi connectivity index (χ3v) is 5.28. The van der Waals surface area contributed by atoms with E-state index >= 15 is 0 Å². The molecule has 2 rings (SSSR count). The second-order valence-electron chi connectivity index (χ2n) is 5.93. The molecule has 2 aromatic rings. The maximum atomic E-state index is 12.6. The number of benzene rings is 2. The fourth-order valence-electron chi connectivity index (χ4n) is 2.52. The van der Waals surface area contributed by atoms with Crippen molar-refractivity contribution in [3.63, 3.8) is 0 Å². The van der Waals surface area contributed by atoms with Crippen LogP contribution in [0.1, 0.15) is 23.7 Å². The van der Waals surface area contributed by atoms with Crippen LogP contribution in [0.3, 0.4) is 0 Å². The molecular formula is C20H22N2O5S. The highest BCUT2D eigenvalue weighted by atomic mass is 32.2. The topological polar surface area (TPSA) is 102 Å². The Labute approximate surface area is 165 Å². The zero-order chi connectivity index (χ0) is 20.5. The molecule has 7 nitrogen and oxygen atoms in total. The first-order valence-corrected chi connectivity index (χ1v) is 9.93. The molecule has 0 aliphatic rings. The number of amides is 2. The molecule has 0 heterocycles. The van der Waals surface area contributed by atoms with E-state index in [4.69, 9.17) is 4.74 Å². The minimum Gasteiger partial charge on any atom is -0.467 e. The van der Waals surface area contributed by atoms with E-state index in [2.05, 4.69) is 10.6 Å². The summed E-state index contributed by atoms with van der Waals surface area (Å²) in [6.45, 7) is 1.34. The van der Waals surface area contributed by atoms with Gasteiger partial charge in [-0.1, -0.05) is 30.3 Å². The van der Waals surface area contributed by atoms with E-state index in [-0.39, 0.29) is 23.6 Å². The maximum absolute atomic E-state index is 12.6. The van der Waals surface area contributed by atoms with Crippen LogP contribution < -0.4 is 10.6 Å². The van der Waals surface area contributed by atoms with E-state index in [0.717, 1.165) is 0 Å². The average molecular weight is 402 g/mol. The highest BCUT2D eigenvalue weighted by Gasteiger charge is 2.24. The van der Waals surface area contributed by atoms with E-state index < -0.39 is 28.7 Å². The van der Waals surface area contributed by atoms with Gasteiger partial charge in [0.25, 0.3) is 5.91 Å². The van der Waals surface area contributed by atoms with Crippen molar-refractivity contribution in [2.75, 3.05) is 18.2 Å². The van der Waals surface area contributed by atoms with E-state index in [1.807, 2.05) is 6.07 Å². The first-order valence-electron chi connectivity index (χ1n) is 8.61. The minimum atomic E-state index is -1.31. The van der Waals surface area contributed by atoms with Gasteiger partial charge in [0.2, 0.25) is 5.91 Å². The van der Waals surface area contributed by atoms with Crippen LogP contribution in [0, 0.1) is 0 Å². The summed E-state index contributed by atoms with van der Waals surface area (Å²) in [6.07, 6.45) is 0.141. The summed E-state index contributed by atoms with van der Waals surface area (Å²) in [4.78, 5) is 36.7. The van der Waals surface area contributed by atoms with E-state index in [9.17, 15) is 18.6 Å². The van der Waals surface area contributed by atoms with Crippen molar-refractivity contribution in [2.24, 2.45) is 0 Å². The number of esters is 1. The molecule has 2 atom stereocenters. The predicted molar refractivity (Wildman–Crippen MR) is 106 cm³/mol. The van der Waals surface area contributed by atoms with Gasteiger partial charge in [-0.25, -0.2) is 4.79 Å². The molecule has 0 saturated heterocycles. The van der Waals surface area contributed by atoms with Crippen LogP contribution in [-0.4, -0.2) is 40.9 Å². The molecule has 2 aromatic carbocycles. The Balaban J connectivity index is 2.10. The zero-order valence-corrected chi connectivity index (χ0v) is 16.5. The average Bonchev–Trinajstić information content (AvgIpc) is 2.70. The van der Waals surface area contributed by atoms with Gasteiger partial charge in [0.15, 0.2) is 0 Å². The Hall–Kier alpha value is -3.00. The van der Waals surface area contributed by atoms with Crippen molar-refractivity contribution in [1.82, 2.24) is 5.32 Å². The normalized spacial score (nSPS) is 12.5. The van der Waals surface area contributed by atoms with E-state index in [1.54, 1.807) is 42.5 Å². The van der Waals surface area contributed by atoms with Crippen LogP contribution in [0.25, 0.3) is 0 Å². The summed E-state index contributed by atoms with van der Waals surface area (Å²) in [5, 5.41) is 5.18. The number of para-hydroxylation sites is 1. The third kappa shape index (κ3) is 6.02. The number of rotatable bonds is 8. The minimum absolute atomic E-state index is 0.141. The monoisotopic (exact) mass is 402 g/mol. The number of hydrogen-bond acceptors (Lipinski definition) is 5. The SMILES string of the molecule is COC(=O)[C@H](CC[S@@](=O)c1ccccc1)NC(=O)c1ccccc1NC(C)=O. The van der Waals surface area contributed by atoms with Crippen molar-refractivity contribution in [3.8, 4) is 0 Å². The number of ether oxygens (including phenoxy) is 1. The number of carbonyl (C=O) groups is 3. The molecule has 0 aliphatic carbocycles. The predicted octanol–water partition coefficient (Wildman–Crippen LogP) is 2.11. The highest BCUT2D eigenvalue weighted by Crippen LogP contribution is 2.16. The summed E-state index contributed by atoms with van der Waals surface area (Å²) in [6, 6.07) is 14.4. The van der Waals surface area contributed by atoms with Gasteiger partial charge in [-0.3, -0.25) is 13.8 Å². The second kappa shape index (κ2) is 10.4. The Kier molecular flexibility index (Phi) is 7.88. The van der Waals surface area contributed by atoms with Gasteiger partial charge in [-0.05, 0) is 30.7 Å². The number of anilines is 1. The summed E-state index contributed by atoms with van der Waals surface area (Å²) < 4.78 is 17.1. The van der Waals surface area contributed by atoms with E-state index in [0.29, 0.717) is 10.6 Å². The molecule has 0 fully saturated rings. The summed E-state index contributed by atoms with van der Waals surface area (Å²) >= 11 is 0. The molecule has 8 heteroatoms. The highest BCUT2D eigenvalue weighted by molar-refractivity contribution is 7.85. The largest absolute Gasteiger partial charge is 0.467 e. The van der Waals surface area contributed by atoms with E-state index in [1.165, 1.54) is 20.1 Å². The van der Waals surface area contributed by atoms with Crippen molar-refractivity contribution >= 4 is 34.3 Å². The molecule has 2 amide bonds. The zero-order valence-electron chi connectivity index (χ0n) is 15.6. The van der Waals surface area contributed by atoms with Crippen molar-refractivity contribution < 1.29 is 23.3 Å².